The molecule has 0 saturated heterocycles. The van der Waals surface area contributed by atoms with Crippen molar-refractivity contribution in [2.75, 3.05) is 13.2 Å². The molecule has 27 heavy (non-hydrogen) atoms. The van der Waals surface area contributed by atoms with Gasteiger partial charge in [-0.3, -0.25) is 4.79 Å². The van der Waals surface area contributed by atoms with Gasteiger partial charge in [0.1, 0.15) is 5.75 Å². The van der Waals surface area contributed by atoms with Crippen molar-refractivity contribution in [1.82, 2.24) is 5.32 Å². The first-order chi connectivity index (χ1) is 13.2. The Morgan fingerprint density at radius 3 is 2.70 bits per heavy atom. The molecule has 0 radical (unpaired) electrons. The van der Waals surface area contributed by atoms with E-state index in [4.69, 9.17) is 4.74 Å². The van der Waals surface area contributed by atoms with Gasteiger partial charge in [-0.2, -0.15) is 0 Å². The van der Waals surface area contributed by atoms with Crippen molar-refractivity contribution in [2.24, 2.45) is 0 Å². The summed E-state index contributed by atoms with van der Waals surface area (Å²) >= 11 is 3.46. The lowest BCUT2D eigenvalue weighted by Gasteiger charge is -2.14. The summed E-state index contributed by atoms with van der Waals surface area (Å²) in [7, 11) is 0. The topological polar surface area (TPSA) is 38.3 Å². The molecule has 0 saturated carbocycles. The van der Waals surface area contributed by atoms with Gasteiger partial charge in [-0.1, -0.05) is 57.9 Å². The van der Waals surface area contributed by atoms with Crippen LogP contribution in [0.15, 0.2) is 64.7 Å². The molecule has 1 N–H and O–H groups in total. The highest BCUT2D eigenvalue weighted by atomic mass is 79.9. The fourth-order valence-corrected chi connectivity index (χ4v) is 3.65. The first kappa shape index (κ1) is 19.7. The monoisotopic (exact) mass is 427 g/mol. The number of amides is 1. The van der Waals surface area contributed by atoms with Crippen LogP contribution in [0.1, 0.15) is 48.0 Å². The molecule has 0 aromatic heterocycles. The van der Waals surface area contributed by atoms with E-state index in [0.717, 1.165) is 17.3 Å². The van der Waals surface area contributed by atoms with Gasteiger partial charge in [0.2, 0.25) is 0 Å². The first-order valence-electron chi connectivity index (χ1n) is 9.65. The molecule has 1 amide bonds. The van der Waals surface area contributed by atoms with Crippen molar-refractivity contribution < 1.29 is 9.53 Å². The fraction of sp³-hybridized carbons (Fsp3) is 0.348. The molecule has 142 valence electrons. The molecule has 0 atom stereocenters. The first-order valence-corrected chi connectivity index (χ1v) is 10.4. The zero-order valence-corrected chi connectivity index (χ0v) is 17.1. The number of nitrogens with one attached hydrogen (secondary N) is 1. The number of rotatable bonds is 8. The summed E-state index contributed by atoms with van der Waals surface area (Å²) in [6.45, 7) is 1.21. The highest BCUT2D eigenvalue weighted by Gasteiger charge is 2.14. The number of allylic oxidation sites excluding steroid dienone is 1. The van der Waals surface area contributed by atoms with Crippen LogP contribution in [0.2, 0.25) is 0 Å². The minimum absolute atomic E-state index is 0.0811. The van der Waals surface area contributed by atoms with E-state index in [1.165, 1.54) is 36.8 Å². The molecule has 0 aliphatic heterocycles. The molecule has 0 heterocycles. The van der Waals surface area contributed by atoms with E-state index in [1.54, 1.807) is 0 Å². The third kappa shape index (κ3) is 6.24. The Kier molecular flexibility index (Phi) is 7.52. The lowest BCUT2D eigenvalue weighted by molar-refractivity contribution is 0.0950. The van der Waals surface area contributed by atoms with Crippen LogP contribution in [-0.2, 0) is 6.42 Å². The van der Waals surface area contributed by atoms with E-state index in [9.17, 15) is 4.79 Å². The second-order valence-corrected chi connectivity index (χ2v) is 7.75. The largest absolute Gasteiger partial charge is 0.492 e. The number of hydrogen-bond acceptors (Lipinski definition) is 2. The maximum Gasteiger partial charge on any atom is 0.255 e. The Labute approximate surface area is 169 Å². The zero-order chi connectivity index (χ0) is 18.9. The normalized spacial score (nSPS) is 13.7. The van der Waals surface area contributed by atoms with Crippen molar-refractivity contribution in [1.29, 1.82) is 0 Å². The minimum Gasteiger partial charge on any atom is -0.492 e. The third-order valence-corrected chi connectivity index (χ3v) is 5.29. The van der Waals surface area contributed by atoms with Gasteiger partial charge in [0.25, 0.3) is 5.91 Å². The number of hydrogen-bond donors (Lipinski definition) is 1. The van der Waals surface area contributed by atoms with Gasteiger partial charge >= 0.3 is 0 Å². The summed E-state index contributed by atoms with van der Waals surface area (Å²) in [4.78, 5) is 12.7. The Balaban J connectivity index is 1.55. The van der Waals surface area contributed by atoms with Crippen molar-refractivity contribution in [3.8, 4) is 5.75 Å². The van der Waals surface area contributed by atoms with E-state index < -0.39 is 0 Å². The zero-order valence-electron chi connectivity index (χ0n) is 15.5. The Hall–Kier alpha value is -2.07. The number of carbonyl (C=O) groups is 1. The quantitative estimate of drug-likeness (QED) is 0.549. The average Bonchev–Trinajstić information content (AvgIpc) is 2.70. The second kappa shape index (κ2) is 10.3. The van der Waals surface area contributed by atoms with Crippen LogP contribution in [0.3, 0.4) is 0 Å². The van der Waals surface area contributed by atoms with Crippen LogP contribution in [-0.4, -0.2) is 19.1 Å². The van der Waals surface area contributed by atoms with Gasteiger partial charge in [-0.25, -0.2) is 0 Å². The standard InChI is InChI=1S/C23H26BrNO2/c24-20-11-12-22(27-16-14-19-9-5-2-6-10-19)21(17-20)23(26)25-15-13-18-7-3-1-4-8-18/h2,5-7,9-12,17H,1,3-4,8,13-16H2,(H,25,26). The highest BCUT2D eigenvalue weighted by Crippen LogP contribution is 2.24. The van der Waals surface area contributed by atoms with Gasteiger partial charge < -0.3 is 10.1 Å². The molecule has 0 fully saturated rings. The van der Waals surface area contributed by atoms with Crippen molar-refractivity contribution in [3.63, 3.8) is 0 Å². The van der Waals surface area contributed by atoms with Crippen LogP contribution >= 0.6 is 15.9 Å². The molecule has 0 spiro atoms. The lowest BCUT2D eigenvalue weighted by Crippen LogP contribution is -2.25. The molecule has 2 aromatic rings. The molecule has 3 nitrogen and oxygen atoms in total. The highest BCUT2D eigenvalue weighted by molar-refractivity contribution is 9.10. The smallest absolute Gasteiger partial charge is 0.255 e. The third-order valence-electron chi connectivity index (χ3n) is 4.79. The summed E-state index contributed by atoms with van der Waals surface area (Å²) in [5.74, 6) is 0.547. The van der Waals surface area contributed by atoms with E-state index in [2.05, 4.69) is 39.5 Å². The molecule has 1 aliphatic carbocycles. The number of benzene rings is 2. The molecule has 2 aromatic carbocycles. The van der Waals surface area contributed by atoms with Crippen molar-refractivity contribution >= 4 is 21.8 Å². The summed E-state index contributed by atoms with van der Waals surface area (Å²) in [6.07, 6.45) is 8.97. The SMILES string of the molecule is O=C(NCCC1=CCCCC1)c1cc(Br)ccc1OCCc1ccccc1. The number of ether oxygens (including phenoxy) is 1. The Morgan fingerprint density at radius 1 is 1.07 bits per heavy atom. The van der Waals surface area contributed by atoms with Crippen LogP contribution in [0, 0.1) is 0 Å². The average molecular weight is 428 g/mol. The van der Waals surface area contributed by atoms with Crippen molar-refractivity contribution in [2.45, 2.75) is 38.5 Å². The predicted octanol–water partition coefficient (Wildman–Crippen LogP) is 5.69. The van der Waals surface area contributed by atoms with Crippen LogP contribution < -0.4 is 10.1 Å². The lowest BCUT2D eigenvalue weighted by atomic mass is 9.97. The predicted molar refractivity (Wildman–Crippen MR) is 113 cm³/mol. The van der Waals surface area contributed by atoms with Crippen LogP contribution in [0.25, 0.3) is 0 Å². The van der Waals surface area contributed by atoms with Gasteiger partial charge in [0.05, 0.1) is 12.2 Å². The summed E-state index contributed by atoms with van der Waals surface area (Å²) in [5.41, 5.74) is 3.27. The van der Waals surface area contributed by atoms with E-state index >= 15 is 0 Å². The summed E-state index contributed by atoms with van der Waals surface area (Å²) in [6, 6.07) is 15.8. The Morgan fingerprint density at radius 2 is 1.93 bits per heavy atom. The molecule has 0 bridgehead atoms. The van der Waals surface area contributed by atoms with Gasteiger partial charge in [-0.05, 0) is 55.9 Å². The number of carbonyl (C=O) groups excluding carboxylic acids is 1. The molecule has 4 heteroatoms. The van der Waals surface area contributed by atoms with Crippen LogP contribution in [0.4, 0.5) is 0 Å². The number of halogens is 1. The molecule has 1 aliphatic rings. The second-order valence-electron chi connectivity index (χ2n) is 6.84. The van der Waals surface area contributed by atoms with E-state index in [-0.39, 0.29) is 5.91 Å². The van der Waals surface area contributed by atoms with Gasteiger partial charge in [0.15, 0.2) is 0 Å². The van der Waals surface area contributed by atoms with E-state index in [0.29, 0.717) is 24.5 Å². The molecule has 0 unspecified atom stereocenters. The van der Waals surface area contributed by atoms with E-state index in [1.807, 2.05) is 36.4 Å². The fourth-order valence-electron chi connectivity index (χ4n) is 3.29. The van der Waals surface area contributed by atoms with Gasteiger partial charge in [-0.15, -0.1) is 0 Å². The van der Waals surface area contributed by atoms with Crippen molar-refractivity contribution in [3.05, 3.63) is 75.8 Å². The molecular weight excluding hydrogens is 402 g/mol. The maximum absolute atomic E-state index is 12.7. The summed E-state index contributed by atoms with van der Waals surface area (Å²) in [5, 5.41) is 3.04. The van der Waals surface area contributed by atoms with Crippen LogP contribution in [0.5, 0.6) is 5.75 Å². The Bertz CT molecular complexity index is 786. The molecular formula is C23H26BrNO2. The minimum atomic E-state index is -0.0811. The summed E-state index contributed by atoms with van der Waals surface area (Å²) < 4.78 is 6.79. The van der Waals surface area contributed by atoms with Gasteiger partial charge in [0, 0.05) is 17.4 Å². The maximum atomic E-state index is 12.7. The molecule has 3 rings (SSSR count).